The van der Waals surface area contributed by atoms with Gasteiger partial charge in [0.15, 0.2) is 0 Å². The number of hydrogen-bond donors (Lipinski definition) is 1. The quantitative estimate of drug-likeness (QED) is 0.419. The van der Waals surface area contributed by atoms with Crippen molar-refractivity contribution in [1.29, 1.82) is 0 Å². The van der Waals surface area contributed by atoms with Gasteiger partial charge >= 0.3 is 0 Å². The lowest BCUT2D eigenvalue weighted by atomic mass is 10.1. The zero-order valence-corrected chi connectivity index (χ0v) is 11.3. The number of benzene rings is 3. The lowest BCUT2D eigenvalue weighted by molar-refractivity contribution is 1.49. The number of aromatic nitrogens is 2. The second kappa shape index (κ2) is 3.83. The normalized spacial score (nSPS) is 11.8. The summed E-state index contributed by atoms with van der Waals surface area (Å²) in [6, 6.07) is 23.2. The van der Waals surface area contributed by atoms with E-state index in [-0.39, 0.29) is 0 Å². The van der Waals surface area contributed by atoms with Crippen LogP contribution < -0.4 is 0 Å². The number of para-hydroxylation sites is 1. The summed E-state index contributed by atoms with van der Waals surface area (Å²) in [6.45, 7) is 0. The van der Waals surface area contributed by atoms with Gasteiger partial charge in [0, 0.05) is 16.3 Å². The van der Waals surface area contributed by atoms with Gasteiger partial charge < -0.3 is 4.98 Å². The molecule has 0 fully saturated rings. The van der Waals surface area contributed by atoms with Crippen molar-refractivity contribution in [3.05, 3.63) is 66.7 Å². The Hall–Kier alpha value is -2.87. The molecule has 2 heteroatoms. The molecule has 21 heavy (non-hydrogen) atoms. The van der Waals surface area contributed by atoms with E-state index in [0.29, 0.717) is 0 Å². The van der Waals surface area contributed by atoms with Crippen LogP contribution in [0.15, 0.2) is 66.7 Å². The Labute approximate surface area is 121 Å². The highest BCUT2D eigenvalue weighted by Gasteiger charge is 2.10. The van der Waals surface area contributed by atoms with E-state index in [9.17, 15) is 0 Å². The van der Waals surface area contributed by atoms with E-state index in [4.69, 9.17) is 4.98 Å². The summed E-state index contributed by atoms with van der Waals surface area (Å²) in [5.41, 5.74) is 4.34. The minimum Gasteiger partial charge on any atom is -0.353 e. The molecule has 0 unspecified atom stereocenters. The molecule has 0 amide bonds. The van der Waals surface area contributed by atoms with E-state index >= 15 is 0 Å². The third-order valence-corrected chi connectivity index (χ3v) is 4.16. The summed E-state index contributed by atoms with van der Waals surface area (Å²) >= 11 is 0. The zero-order chi connectivity index (χ0) is 13.8. The molecular formula is C19H12N2. The number of nitrogens with zero attached hydrogens (tertiary/aromatic N) is 1. The summed E-state index contributed by atoms with van der Waals surface area (Å²) in [5.74, 6) is 0. The topological polar surface area (TPSA) is 28.7 Å². The Bertz CT molecular complexity index is 1140. The fourth-order valence-electron chi connectivity index (χ4n) is 3.18. The molecule has 5 aromatic rings. The van der Waals surface area contributed by atoms with Gasteiger partial charge in [-0.25, -0.2) is 4.98 Å². The van der Waals surface area contributed by atoms with E-state index in [1.807, 2.05) is 12.1 Å². The maximum absolute atomic E-state index is 4.88. The SMILES string of the molecule is c1ccc2nc3c(cc2c1)[nH]c1ccc2ccccc2c13. The molecule has 0 saturated heterocycles. The highest BCUT2D eigenvalue weighted by atomic mass is 14.8. The average molecular weight is 268 g/mol. The van der Waals surface area contributed by atoms with E-state index in [0.717, 1.165) is 22.1 Å². The van der Waals surface area contributed by atoms with Crippen molar-refractivity contribution in [2.75, 3.05) is 0 Å². The highest BCUT2D eigenvalue weighted by molar-refractivity contribution is 6.19. The molecule has 0 spiro atoms. The predicted molar refractivity (Wildman–Crippen MR) is 88.6 cm³/mol. The molecule has 0 aliphatic carbocycles. The maximum Gasteiger partial charge on any atom is 0.0971 e. The van der Waals surface area contributed by atoms with Gasteiger partial charge in [-0.05, 0) is 29.0 Å². The Morgan fingerprint density at radius 3 is 2.48 bits per heavy atom. The number of rotatable bonds is 0. The van der Waals surface area contributed by atoms with Crippen molar-refractivity contribution in [3.8, 4) is 0 Å². The van der Waals surface area contributed by atoms with Gasteiger partial charge in [-0.15, -0.1) is 0 Å². The first kappa shape index (κ1) is 10.9. The number of fused-ring (bicyclic) bond motifs is 6. The molecule has 1 N–H and O–H groups in total. The van der Waals surface area contributed by atoms with Gasteiger partial charge in [-0.1, -0.05) is 48.5 Å². The molecule has 2 nitrogen and oxygen atoms in total. The van der Waals surface area contributed by atoms with Crippen LogP contribution in [0.5, 0.6) is 0 Å². The Morgan fingerprint density at radius 2 is 1.52 bits per heavy atom. The fraction of sp³-hybridized carbons (Fsp3) is 0. The third-order valence-electron chi connectivity index (χ3n) is 4.16. The van der Waals surface area contributed by atoms with E-state index < -0.39 is 0 Å². The van der Waals surface area contributed by atoms with Gasteiger partial charge in [-0.2, -0.15) is 0 Å². The van der Waals surface area contributed by atoms with Crippen LogP contribution in [0.2, 0.25) is 0 Å². The van der Waals surface area contributed by atoms with Gasteiger partial charge in [0.1, 0.15) is 0 Å². The molecule has 98 valence electrons. The molecule has 0 bridgehead atoms. The average Bonchev–Trinajstić information content (AvgIpc) is 2.90. The van der Waals surface area contributed by atoms with Crippen LogP contribution >= 0.6 is 0 Å². The van der Waals surface area contributed by atoms with Crippen LogP contribution in [0.4, 0.5) is 0 Å². The fourth-order valence-corrected chi connectivity index (χ4v) is 3.18. The molecule has 0 aliphatic rings. The Morgan fingerprint density at radius 1 is 0.714 bits per heavy atom. The van der Waals surface area contributed by atoms with E-state index in [1.165, 1.54) is 21.5 Å². The van der Waals surface area contributed by atoms with Crippen molar-refractivity contribution in [1.82, 2.24) is 9.97 Å². The predicted octanol–water partition coefficient (Wildman–Crippen LogP) is 5.02. The number of nitrogens with one attached hydrogen (secondary N) is 1. The maximum atomic E-state index is 4.88. The molecule has 2 aromatic heterocycles. The van der Waals surface area contributed by atoms with Crippen LogP contribution in [0.1, 0.15) is 0 Å². The highest BCUT2D eigenvalue weighted by Crippen LogP contribution is 2.32. The molecule has 0 radical (unpaired) electrons. The largest absolute Gasteiger partial charge is 0.353 e. The molecule has 0 saturated carbocycles. The second-order valence-corrected chi connectivity index (χ2v) is 5.41. The van der Waals surface area contributed by atoms with Crippen molar-refractivity contribution >= 4 is 43.6 Å². The van der Waals surface area contributed by atoms with Gasteiger partial charge in [0.25, 0.3) is 0 Å². The first-order valence-corrected chi connectivity index (χ1v) is 7.09. The molecule has 5 rings (SSSR count). The van der Waals surface area contributed by atoms with Crippen LogP contribution in [-0.4, -0.2) is 9.97 Å². The van der Waals surface area contributed by atoms with Crippen LogP contribution in [0.25, 0.3) is 43.6 Å². The summed E-state index contributed by atoms with van der Waals surface area (Å²) in [7, 11) is 0. The van der Waals surface area contributed by atoms with E-state index in [1.54, 1.807) is 0 Å². The number of aromatic amines is 1. The summed E-state index contributed by atoms with van der Waals surface area (Å²) < 4.78 is 0. The van der Waals surface area contributed by atoms with Crippen LogP contribution in [-0.2, 0) is 0 Å². The van der Waals surface area contributed by atoms with Crippen molar-refractivity contribution < 1.29 is 0 Å². The van der Waals surface area contributed by atoms with Crippen molar-refractivity contribution in [2.24, 2.45) is 0 Å². The number of hydrogen-bond acceptors (Lipinski definition) is 1. The van der Waals surface area contributed by atoms with E-state index in [2.05, 4.69) is 59.6 Å². The monoisotopic (exact) mass is 268 g/mol. The third kappa shape index (κ3) is 1.44. The minimum absolute atomic E-state index is 1.04. The van der Waals surface area contributed by atoms with Crippen molar-refractivity contribution in [3.63, 3.8) is 0 Å². The van der Waals surface area contributed by atoms with Gasteiger partial charge in [-0.3, -0.25) is 0 Å². The first-order chi connectivity index (χ1) is 10.4. The second-order valence-electron chi connectivity index (χ2n) is 5.41. The molecule has 0 atom stereocenters. The smallest absolute Gasteiger partial charge is 0.0971 e. The minimum atomic E-state index is 1.04. The Balaban J connectivity index is 2.08. The molecule has 2 heterocycles. The van der Waals surface area contributed by atoms with Crippen molar-refractivity contribution in [2.45, 2.75) is 0 Å². The molecule has 0 aliphatic heterocycles. The lowest BCUT2D eigenvalue weighted by Crippen LogP contribution is -1.80. The Kier molecular flexibility index (Phi) is 1.98. The summed E-state index contributed by atoms with van der Waals surface area (Å²) in [4.78, 5) is 8.38. The molecule has 3 aromatic carbocycles. The summed E-state index contributed by atoms with van der Waals surface area (Å²) in [6.07, 6.45) is 0. The summed E-state index contributed by atoms with van der Waals surface area (Å²) in [5, 5.41) is 4.89. The standard InChI is InChI=1S/C19H12N2/c1-3-7-14-12(5-1)9-10-16-18(14)19-17(20-16)11-13-6-2-4-8-15(13)21-19/h1-11,20H. The lowest BCUT2D eigenvalue weighted by Gasteiger charge is -2.00. The molecular weight excluding hydrogens is 256 g/mol. The van der Waals surface area contributed by atoms with Gasteiger partial charge in [0.2, 0.25) is 0 Å². The number of H-pyrrole nitrogens is 1. The first-order valence-electron chi connectivity index (χ1n) is 7.09. The van der Waals surface area contributed by atoms with Crippen LogP contribution in [0, 0.1) is 0 Å². The zero-order valence-electron chi connectivity index (χ0n) is 11.3. The van der Waals surface area contributed by atoms with Gasteiger partial charge in [0.05, 0.1) is 16.6 Å². The van der Waals surface area contributed by atoms with Crippen LogP contribution in [0.3, 0.4) is 0 Å². The number of pyridine rings is 1.